The summed E-state index contributed by atoms with van der Waals surface area (Å²) < 4.78 is 6.29. The average Bonchev–Trinajstić information content (AvgIpc) is 3.44. The summed E-state index contributed by atoms with van der Waals surface area (Å²) in [5, 5.41) is 12.4. The number of nitrogens with zero attached hydrogens (tertiary/aromatic N) is 1. The molecule has 0 atom stereocenters. The highest BCUT2D eigenvalue weighted by Crippen LogP contribution is 2.44. The lowest BCUT2D eigenvalue weighted by atomic mass is 9.94. The van der Waals surface area contributed by atoms with Crippen molar-refractivity contribution in [2.45, 2.75) is 0 Å². The topological polar surface area (TPSA) is 16.4 Å². The number of benzene rings is 8. The largest absolute Gasteiger partial charge is 0.456 e. The minimum atomic E-state index is 0.888. The van der Waals surface area contributed by atoms with E-state index < -0.39 is 0 Å². The zero-order valence-corrected chi connectivity index (χ0v) is 22.8. The van der Waals surface area contributed by atoms with Gasteiger partial charge in [-0.2, -0.15) is 0 Å². The molecule has 1 heterocycles. The molecular formula is C40H25NO. The molecule has 0 aliphatic carbocycles. The molecule has 0 radical (unpaired) electrons. The first-order chi connectivity index (χ1) is 20.8. The van der Waals surface area contributed by atoms with Crippen molar-refractivity contribution in [3.8, 4) is 0 Å². The molecule has 9 aromatic rings. The summed E-state index contributed by atoms with van der Waals surface area (Å²) >= 11 is 0. The second-order valence-electron chi connectivity index (χ2n) is 10.9. The summed E-state index contributed by atoms with van der Waals surface area (Å²) in [6, 6.07) is 54.4. The highest BCUT2D eigenvalue weighted by Gasteiger charge is 2.19. The molecule has 196 valence electrons. The number of hydrogen-bond donors (Lipinski definition) is 0. The summed E-state index contributed by atoms with van der Waals surface area (Å²) in [6.45, 7) is 0. The molecule has 0 saturated carbocycles. The first kappa shape index (κ1) is 23.1. The van der Waals surface area contributed by atoms with Crippen LogP contribution in [0.25, 0.3) is 65.0 Å². The lowest BCUT2D eigenvalue weighted by Gasteiger charge is -2.26. The Labute approximate surface area is 242 Å². The van der Waals surface area contributed by atoms with Crippen LogP contribution in [0.2, 0.25) is 0 Å². The van der Waals surface area contributed by atoms with E-state index in [4.69, 9.17) is 4.42 Å². The maximum atomic E-state index is 6.29. The lowest BCUT2D eigenvalue weighted by molar-refractivity contribution is 0.669. The Hall–Kier alpha value is -5.60. The van der Waals surface area contributed by atoms with Gasteiger partial charge in [-0.1, -0.05) is 109 Å². The van der Waals surface area contributed by atoms with E-state index in [1.54, 1.807) is 0 Å². The smallest absolute Gasteiger partial charge is 0.137 e. The van der Waals surface area contributed by atoms with Crippen molar-refractivity contribution >= 4 is 82.1 Å². The Morgan fingerprint density at radius 3 is 1.79 bits per heavy atom. The molecule has 9 rings (SSSR count). The van der Waals surface area contributed by atoms with Crippen LogP contribution >= 0.6 is 0 Å². The number of rotatable bonds is 3. The van der Waals surface area contributed by atoms with Gasteiger partial charge in [0.25, 0.3) is 0 Å². The van der Waals surface area contributed by atoms with Crippen LogP contribution in [0.15, 0.2) is 156 Å². The quantitative estimate of drug-likeness (QED) is 0.209. The number of furan rings is 1. The molecule has 0 spiro atoms. The van der Waals surface area contributed by atoms with Gasteiger partial charge >= 0.3 is 0 Å². The third kappa shape index (κ3) is 3.39. The van der Waals surface area contributed by atoms with E-state index in [1.807, 2.05) is 12.1 Å². The molecule has 0 N–H and O–H groups in total. The van der Waals surface area contributed by atoms with Gasteiger partial charge in [-0.3, -0.25) is 0 Å². The summed E-state index contributed by atoms with van der Waals surface area (Å²) in [7, 11) is 0. The molecule has 0 aliphatic heterocycles. The lowest BCUT2D eigenvalue weighted by Crippen LogP contribution is -2.10. The standard InChI is InChI=1S/C40H25NO/c1-2-10-28(11-3-1)41(37-14-8-16-39-40(37)35-13-6-7-15-38(35)42-39)29-20-17-27-19-22-33-32-21-18-26-9-4-5-12-30(26)31(32)23-24-34(33)36(27)25-29/h1-25H. The maximum Gasteiger partial charge on any atom is 0.137 e. The molecule has 1 aromatic heterocycles. The molecule has 2 nitrogen and oxygen atoms in total. The Morgan fingerprint density at radius 2 is 0.952 bits per heavy atom. The molecule has 0 aliphatic rings. The predicted octanol–water partition coefficient (Wildman–Crippen LogP) is 11.7. The summed E-state index contributed by atoms with van der Waals surface area (Å²) in [5.74, 6) is 0. The van der Waals surface area contributed by atoms with Gasteiger partial charge < -0.3 is 9.32 Å². The van der Waals surface area contributed by atoms with Crippen molar-refractivity contribution < 1.29 is 4.42 Å². The summed E-state index contributed by atoms with van der Waals surface area (Å²) in [6.07, 6.45) is 0. The second-order valence-corrected chi connectivity index (χ2v) is 10.9. The Balaban J connectivity index is 1.33. The molecular weight excluding hydrogens is 510 g/mol. The van der Waals surface area contributed by atoms with Gasteiger partial charge in [0.15, 0.2) is 0 Å². The van der Waals surface area contributed by atoms with E-state index in [1.165, 1.54) is 43.1 Å². The number of para-hydroxylation sites is 2. The van der Waals surface area contributed by atoms with Gasteiger partial charge in [0, 0.05) is 16.8 Å². The van der Waals surface area contributed by atoms with Gasteiger partial charge in [-0.25, -0.2) is 0 Å². The fourth-order valence-corrected chi connectivity index (χ4v) is 6.71. The molecule has 2 heteroatoms. The van der Waals surface area contributed by atoms with Crippen molar-refractivity contribution in [1.29, 1.82) is 0 Å². The first-order valence-electron chi connectivity index (χ1n) is 14.4. The van der Waals surface area contributed by atoms with Gasteiger partial charge in [0.2, 0.25) is 0 Å². The Kier molecular flexibility index (Phi) is 4.93. The highest BCUT2D eigenvalue weighted by molar-refractivity contribution is 6.22. The summed E-state index contributed by atoms with van der Waals surface area (Å²) in [5.41, 5.74) is 5.10. The van der Waals surface area contributed by atoms with Gasteiger partial charge in [0.05, 0.1) is 11.1 Å². The minimum Gasteiger partial charge on any atom is -0.456 e. The van der Waals surface area contributed by atoms with Crippen LogP contribution < -0.4 is 4.90 Å². The normalized spacial score (nSPS) is 11.8. The van der Waals surface area contributed by atoms with Gasteiger partial charge in [0.1, 0.15) is 11.2 Å². The maximum absolute atomic E-state index is 6.29. The molecule has 0 bridgehead atoms. The average molecular weight is 536 g/mol. The SMILES string of the molecule is c1ccc(N(c2ccc3ccc4c(ccc5c6ccccc6ccc54)c3c2)c2cccc3oc4ccccc4c23)cc1. The van der Waals surface area contributed by atoms with Crippen LogP contribution in [0.4, 0.5) is 17.1 Å². The predicted molar refractivity (Wildman–Crippen MR) is 178 cm³/mol. The Morgan fingerprint density at radius 1 is 0.357 bits per heavy atom. The van der Waals surface area contributed by atoms with Crippen LogP contribution in [0.1, 0.15) is 0 Å². The third-order valence-corrected chi connectivity index (χ3v) is 8.62. The van der Waals surface area contributed by atoms with Crippen LogP contribution in [0, 0.1) is 0 Å². The van der Waals surface area contributed by atoms with E-state index in [-0.39, 0.29) is 0 Å². The minimum absolute atomic E-state index is 0.888. The third-order valence-electron chi connectivity index (χ3n) is 8.62. The van der Waals surface area contributed by atoms with E-state index >= 15 is 0 Å². The first-order valence-corrected chi connectivity index (χ1v) is 14.4. The molecule has 8 aromatic carbocycles. The molecule has 0 unspecified atom stereocenters. The van der Waals surface area contributed by atoms with Crippen molar-refractivity contribution in [2.75, 3.05) is 4.90 Å². The molecule has 0 amide bonds. The van der Waals surface area contributed by atoms with Crippen molar-refractivity contribution in [3.05, 3.63) is 152 Å². The van der Waals surface area contributed by atoms with Gasteiger partial charge in [-0.05, 0) is 85.6 Å². The van der Waals surface area contributed by atoms with E-state index in [0.717, 1.165) is 39.0 Å². The van der Waals surface area contributed by atoms with Crippen molar-refractivity contribution in [1.82, 2.24) is 0 Å². The summed E-state index contributed by atoms with van der Waals surface area (Å²) in [4.78, 5) is 2.36. The van der Waals surface area contributed by atoms with Crippen LogP contribution in [0.5, 0.6) is 0 Å². The zero-order valence-electron chi connectivity index (χ0n) is 22.8. The monoisotopic (exact) mass is 535 g/mol. The van der Waals surface area contributed by atoms with Crippen LogP contribution in [-0.4, -0.2) is 0 Å². The van der Waals surface area contributed by atoms with E-state index in [2.05, 4.69) is 144 Å². The fourth-order valence-electron chi connectivity index (χ4n) is 6.71. The van der Waals surface area contributed by atoms with Crippen LogP contribution in [-0.2, 0) is 0 Å². The van der Waals surface area contributed by atoms with E-state index in [0.29, 0.717) is 0 Å². The zero-order chi connectivity index (χ0) is 27.6. The molecule has 42 heavy (non-hydrogen) atoms. The van der Waals surface area contributed by atoms with E-state index in [9.17, 15) is 0 Å². The molecule has 0 saturated heterocycles. The highest BCUT2D eigenvalue weighted by atomic mass is 16.3. The van der Waals surface area contributed by atoms with Gasteiger partial charge in [-0.15, -0.1) is 0 Å². The second kappa shape index (κ2) is 8.95. The van der Waals surface area contributed by atoms with Crippen molar-refractivity contribution in [3.63, 3.8) is 0 Å². The Bertz CT molecular complexity index is 2470. The van der Waals surface area contributed by atoms with Crippen LogP contribution in [0.3, 0.4) is 0 Å². The van der Waals surface area contributed by atoms with Crippen molar-refractivity contribution in [2.24, 2.45) is 0 Å². The fraction of sp³-hybridized carbons (Fsp3) is 0. The number of fused-ring (bicyclic) bond motifs is 10. The number of anilines is 3. The number of hydrogen-bond acceptors (Lipinski definition) is 2. The molecule has 0 fully saturated rings.